The van der Waals surface area contributed by atoms with E-state index in [-0.39, 0.29) is 0 Å². The summed E-state index contributed by atoms with van der Waals surface area (Å²) in [5, 5.41) is 9.31. The van der Waals surface area contributed by atoms with Crippen molar-refractivity contribution in [3.63, 3.8) is 0 Å². The first-order chi connectivity index (χ1) is 10.3. The Labute approximate surface area is 127 Å². The number of carbonyl (C=O) groups is 1. The monoisotopic (exact) mass is 287 g/mol. The normalized spacial score (nSPS) is 21.3. The molecule has 1 aliphatic heterocycles. The molecule has 0 bridgehead atoms. The molecule has 1 aliphatic carbocycles. The van der Waals surface area contributed by atoms with Crippen molar-refractivity contribution in [2.45, 2.75) is 64.0 Å². The molecule has 1 N–H and O–H groups in total. The first-order valence-electron chi connectivity index (χ1n) is 8.34. The van der Waals surface area contributed by atoms with Crippen molar-refractivity contribution in [2.24, 2.45) is 0 Å². The fraction of sp³-hybridized carbons (Fsp3) is 0.611. The van der Waals surface area contributed by atoms with Crippen LogP contribution in [0.4, 0.5) is 0 Å². The lowest BCUT2D eigenvalue weighted by atomic mass is 9.90. The van der Waals surface area contributed by atoms with Crippen molar-refractivity contribution in [1.29, 1.82) is 0 Å². The van der Waals surface area contributed by atoms with Gasteiger partial charge in [0.2, 0.25) is 0 Å². The van der Waals surface area contributed by atoms with Gasteiger partial charge in [-0.15, -0.1) is 0 Å². The Kier molecular flexibility index (Phi) is 4.59. The first kappa shape index (κ1) is 14.6. The average molecular weight is 287 g/mol. The number of rotatable bonds is 2. The second-order valence-electron chi connectivity index (χ2n) is 6.47. The summed E-state index contributed by atoms with van der Waals surface area (Å²) >= 11 is 0. The number of nitrogens with zero attached hydrogens (tertiary/aromatic N) is 1. The van der Waals surface area contributed by atoms with Crippen molar-refractivity contribution in [3.05, 3.63) is 34.9 Å². The summed E-state index contributed by atoms with van der Waals surface area (Å²) < 4.78 is 0. The van der Waals surface area contributed by atoms with E-state index in [4.69, 9.17) is 0 Å². The zero-order valence-electron chi connectivity index (χ0n) is 12.7. The van der Waals surface area contributed by atoms with Crippen molar-refractivity contribution in [1.82, 2.24) is 4.90 Å². The Morgan fingerprint density at radius 1 is 1.10 bits per heavy atom. The highest BCUT2D eigenvalue weighted by Gasteiger charge is 2.26. The number of benzene rings is 1. The van der Waals surface area contributed by atoms with E-state index in [2.05, 4.69) is 11.0 Å². The smallest absolute Gasteiger partial charge is 0.335 e. The molecule has 3 rings (SSSR count). The van der Waals surface area contributed by atoms with Crippen molar-refractivity contribution >= 4 is 5.97 Å². The molecular formula is C18H25NO2. The fourth-order valence-corrected chi connectivity index (χ4v) is 3.94. The van der Waals surface area contributed by atoms with Gasteiger partial charge < -0.3 is 5.11 Å². The number of aromatic carboxylic acids is 1. The van der Waals surface area contributed by atoms with Crippen molar-refractivity contribution in [2.75, 3.05) is 6.54 Å². The predicted octanol–water partition coefficient (Wildman–Crippen LogP) is 3.86. The Hall–Kier alpha value is -1.35. The zero-order chi connectivity index (χ0) is 14.7. The van der Waals surface area contributed by atoms with Crippen LogP contribution in [-0.2, 0) is 13.0 Å². The second-order valence-corrected chi connectivity index (χ2v) is 6.47. The maximum Gasteiger partial charge on any atom is 0.335 e. The van der Waals surface area contributed by atoms with Crippen LogP contribution in [0.3, 0.4) is 0 Å². The van der Waals surface area contributed by atoms with Gasteiger partial charge in [-0.1, -0.05) is 44.2 Å². The van der Waals surface area contributed by atoms with Crippen LogP contribution in [0.5, 0.6) is 0 Å². The second kappa shape index (κ2) is 6.61. The predicted molar refractivity (Wildman–Crippen MR) is 83.6 cm³/mol. The van der Waals surface area contributed by atoms with Gasteiger partial charge in [0.05, 0.1) is 5.56 Å². The van der Waals surface area contributed by atoms with Crippen LogP contribution >= 0.6 is 0 Å². The van der Waals surface area contributed by atoms with Crippen molar-refractivity contribution < 1.29 is 9.90 Å². The Bertz CT molecular complexity index is 504. The summed E-state index contributed by atoms with van der Waals surface area (Å²) in [4.78, 5) is 13.9. The molecule has 0 spiro atoms. The molecular weight excluding hydrogens is 262 g/mol. The van der Waals surface area contributed by atoms with E-state index < -0.39 is 5.97 Å². The van der Waals surface area contributed by atoms with Crippen LogP contribution in [0.15, 0.2) is 18.2 Å². The molecule has 1 aromatic rings. The van der Waals surface area contributed by atoms with Gasteiger partial charge in [0.15, 0.2) is 0 Å². The molecule has 1 heterocycles. The molecule has 114 valence electrons. The summed E-state index contributed by atoms with van der Waals surface area (Å²) in [6.45, 7) is 1.95. The number of carboxylic acid groups (broad SMARTS) is 1. The molecule has 0 radical (unpaired) electrons. The molecule has 3 nitrogen and oxygen atoms in total. The van der Waals surface area contributed by atoms with E-state index in [0.717, 1.165) is 25.1 Å². The Balaban J connectivity index is 1.74. The van der Waals surface area contributed by atoms with E-state index in [9.17, 15) is 9.90 Å². The topological polar surface area (TPSA) is 40.5 Å². The van der Waals surface area contributed by atoms with Crippen LogP contribution < -0.4 is 0 Å². The van der Waals surface area contributed by atoms with E-state index >= 15 is 0 Å². The molecule has 0 aromatic heterocycles. The molecule has 1 aromatic carbocycles. The van der Waals surface area contributed by atoms with Gasteiger partial charge in [-0.25, -0.2) is 4.79 Å². The highest BCUT2D eigenvalue weighted by Crippen LogP contribution is 2.28. The van der Waals surface area contributed by atoms with E-state index in [1.807, 2.05) is 6.07 Å². The van der Waals surface area contributed by atoms with Crippen LogP contribution in [0.1, 0.15) is 66.4 Å². The fourth-order valence-electron chi connectivity index (χ4n) is 3.94. The lowest BCUT2D eigenvalue weighted by molar-refractivity contribution is 0.0693. The van der Waals surface area contributed by atoms with E-state index in [1.165, 1.54) is 50.5 Å². The zero-order valence-corrected chi connectivity index (χ0v) is 12.7. The van der Waals surface area contributed by atoms with Crippen LogP contribution in [0.25, 0.3) is 0 Å². The summed E-state index contributed by atoms with van der Waals surface area (Å²) in [5.74, 6) is -0.786. The van der Waals surface area contributed by atoms with E-state index in [0.29, 0.717) is 11.6 Å². The summed E-state index contributed by atoms with van der Waals surface area (Å²) in [6.07, 6.45) is 10.4. The highest BCUT2D eigenvalue weighted by molar-refractivity contribution is 5.89. The van der Waals surface area contributed by atoms with Gasteiger partial charge in [-0.3, -0.25) is 4.90 Å². The summed E-state index contributed by atoms with van der Waals surface area (Å²) in [5.41, 5.74) is 2.79. The quantitative estimate of drug-likeness (QED) is 0.898. The third kappa shape index (κ3) is 3.29. The van der Waals surface area contributed by atoms with Gasteiger partial charge in [0.25, 0.3) is 0 Å². The number of hydrogen-bond donors (Lipinski definition) is 1. The van der Waals surface area contributed by atoms with Gasteiger partial charge in [-0.2, -0.15) is 0 Å². The molecule has 0 amide bonds. The van der Waals surface area contributed by atoms with Crippen LogP contribution in [0.2, 0.25) is 0 Å². The number of carboxylic acids is 1. The largest absolute Gasteiger partial charge is 0.478 e. The Morgan fingerprint density at radius 3 is 2.52 bits per heavy atom. The molecule has 2 aliphatic rings. The van der Waals surface area contributed by atoms with Crippen molar-refractivity contribution in [3.8, 4) is 0 Å². The highest BCUT2D eigenvalue weighted by atomic mass is 16.4. The molecule has 3 heteroatoms. The maximum atomic E-state index is 11.3. The third-order valence-corrected chi connectivity index (χ3v) is 5.12. The minimum atomic E-state index is -0.786. The number of fused-ring (bicyclic) bond motifs is 1. The third-order valence-electron chi connectivity index (χ3n) is 5.12. The summed E-state index contributed by atoms with van der Waals surface area (Å²) in [6, 6.07) is 6.44. The lowest BCUT2D eigenvalue weighted by Crippen LogP contribution is -2.40. The standard InChI is InChI=1S/C18H25NO2/c20-18(21)17-10-6-7-14-13-19(12-11-16(14)17)15-8-4-2-1-3-5-9-15/h6-7,10,15H,1-5,8-9,11-13H2,(H,20,21). The maximum absolute atomic E-state index is 11.3. The number of hydrogen-bond acceptors (Lipinski definition) is 2. The molecule has 0 unspecified atom stereocenters. The molecule has 1 fully saturated rings. The summed E-state index contributed by atoms with van der Waals surface area (Å²) in [7, 11) is 0. The van der Waals surface area contributed by atoms with Gasteiger partial charge >= 0.3 is 5.97 Å². The Morgan fingerprint density at radius 2 is 1.81 bits per heavy atom. The lowest BCUT2D eigenvalue weighted by Gasteiger charge is -2.37. The van der Waals surface area contributed by atoms with Gasteiger partial charge in [0, 0.05) is 19.1 Å². The minimum absolute atomic E-state index is 0.504. The van der Waals surface area contributed by atoms with Gasteiger partial charge in [0.1, 0.15) is 0 Å². The van der Waals surface area contributed by atoms with Crippen LogP contribution in [0, 0.1) is 0 Å². The first-order valence-corrected chi connectivity index (χ1v) is 8.34. The molecule has 0 saturated heterocycles. The molecule has 0 atom stereocenters. The van der Waals surface area contributed by atoms with E-state index in [1.54, 1.807) is 6.07 Å². The molecule has 1 saturated carbocycles. The van der Waals surface area contributed by atoms with Gasteiger partial charge in [-0.05, 0) is 36.5 Å². The molecule has 21 heavy (non-hydrogen) atoms. The average Bonchev–Trinajstić information content (AvgIpc) is 2.45. The SMILES string of the molecule is O=C(O)c1cccc2c1CCN(C1CCCCCCC1)C2. The van der Waals surface area contributed by atoms with Crippen LogP contribution in [-0.4, -0.2) is 28.6 Å². The minimum Gasteiger partial charge on any atom is -0.478 e.